The van der Waals surface area contributed by atoms with Gasteiger partial charge in [0.2, 0.25) is 0 Å². The number of aliphatic hydroxyl groups is 1. The standard InChI is InChI=1S/C18H14BrF3N2O3/c1-17(26,10-27-13-6-3-11(19)4-7-13)16(25)24-12-5-8-15(23-2)14(9-12)18(20,21)22/h3-9,26H,10H2,1H3,(H,24,25)/t17-/m0/s1. The summed E-state index contributed by atoms with van der Waals surface area (Å²) in [5.74, 6) is -0.532. The van der Waals surface area contributed by atoms with Crippen LogP contribution in [-0.4, -0.2) is 23.2 Å². The number of rotatable bonds is 5. The largest absolute Gasteiger partial charge is 0.490 e. The second-order valence-electron chi connectivity index (χ2n) is 5.81. The summed E-state index contributed by atoms with van der Waals surface area (Å²) in [6, 6.07) is 9.43. The maximum absolute atomic E-state index is 13.0. The van der Waals surface area contributed by atoms with E-state index in [2.05, 4.69) is 26.1 Å². The van der Waals surface area contributed by atoms with Gasteiger partial charge in [-0.25, -0.2) is 4.85 Å². The van der Waals surface area contributed by atoms with Gasteiger partial charge in [-0.1, -0.05) is 22.0 Å². The van der Waals surface area contributed by atoms with Crippen molar-refractivity contribution in [3.63, 3.8) is 0 Å². The molecule has 0 aliphatic heterocycles. The number of nitrogens with one attached hydrogen (secondary N) is 1. The molecule has 2 N–H and O–H groups in total. The highest BCUT2D eigenvalue weighted by Crippen LogP contribution is 2.38. The number of nitrogens with zero attached hydrogens (tertiary/aromatic N) is 1. The van der Waals surface area contributed by atoms with Crippen molar-refractivity contribution in [3.8, 4) is 5.75 Å². The Morgan fingerprint density at radius 3 is 2.44 bits per heavy atom. The molecule has 0 heterocycles. The number of halogens is 4. The Kier molecular flexibility index (Phi) is 6.13. The minimum atomic E-state index is -4.74. The van der Waals surface area contributed by atoms with Gasteiger partial charge in [0.05, 0.1) is 12.1 Å². The number of carbonyl (C=O) groups excluding carboxylic acids is 1. The highest BCUT2D eigenvalue weighted by Gasteiger charge is 2.35. The molecule has 9 heteroatoms. The highest BCUT2D eigenvalue weighted by molar-refractivity contribution is 9.10. The average molecular weight is 443 g/mol. The van der Waals surface area contributed by atoms with E-state index in [1.165, 1.54) is 6.92 Å². The van der Waals surface area contributed by atoms with E-state index in [9.17, 15) is 23.1 Å². The van der Waals surface area contributed by atoms with Crippen LogP contribution in [0.5, 0.6) is 5.75 Å². The van der Waals surface area contributed by atoms with Crippen LogP contribution in [0.2, 0.25) is 0 Å². The van der Waals surface area contributed by atoms with Crippen LogP contribution in [0.4, 0.5) is 24.5 Å². The van der Waals surface area contributed by atoms with E-state index >= 15 is 0 Å². The van der Waals surface area contributed by atoms with Crippen molar-refractivity contribution in [2.45, 2.75) is 18.7 Å². The Labute approximate surface area is 161 Å². The molecule has 0 spiro atoms. The lowest BCUT2D eigenvalue weighted by Gasteiger charge is -2.23. The van der Waals surface area contributed by atoms with Crippen molar-refractivity contribution in [3.05, 3.63) is 63.9 Å². The number of alkyl halides is 3. The summed E-state index contributed by atoms with van der Waals surface area (Å²) in [5.41, 5.74) is -3.93. The van der Waals surface area contributed by atoms with E-state index in [0.29, 0.717) is 11.8 Å². The molecule has 2 aromatic carbocycles. The van der Waals surface area contributed by atoms with Crippen LogP contribution in [0.15, 0.2) is 46.9 Å². The van der Waals surface area contributed by atoms with Crippen molar-refractivity contribution in [2.75, 3.05) is 11.9 Å². The maximum Gasteiger partial charge on any atom is 0.407 e. The zero-order valence-corrected chi connectivity index (χ0v) is 15.6. The number of hydrogen-bond donors (Lipinski definition) is 2. The third-order valence-electron chi connectivity index (χ3n) is 3.50. The number of ether oxygens (including phenoxy) is 1. The van der Waals surface area contributed by atoms with Gasteiger partial charge < -0.3 is 15.2 Å². The summed E-state index contributed by atoms with van der Waals surface area (Å²) in [6.45, 7) is 7.57. The Morgan fingerprint density at radius 1 is 1.26 bits per heavy atom. The summed E-state index contributed by atoms with van der Waals surface area (Å²) in [5, 5.41) is 12.5. The molecule has 0 aromatic heterocycles. The SMILES string of the molecule is [C-]#[N+]c1ccc(NC(=O)[C@@](C)(O)COc2ccc(Br)cc2)cc1C(F)(F)F. The molecule has 2 rings (SSSR count). The van der Waals surface area contributed by atoms with Crippen LogP contribution in [0.1, 0.15) is 12.5 Å². The fourth-order valence-electron chi connectivity index (χ4n) is 2.02. The van der Waals surface area contributed by atoms with E-state index in [0.717, 1.165) is 16.6 Å². The molecule has 0 bridgehead atoms. The second kappa shape index (κ2) is 7.98. The van der Waals surface area contributed by atoms with E-state index in [-0.39, 0.29) is 5.69 Å². The molecular formula is C18H14BrF3N2O3. The first-order chi connectivity index (χ1) is 12.5. The van der Waals surface area contributed by atoms with Gasteiger partial charge in [0.1, 0.15) is 12.4 Å². The Balaban J connectivity index is 2.11. The molecule has 0 aliphatic rings. The molecular weight excluding hydrogens is 429 g/mol. The van der Waals surface area contributed by atoms with Crippen LogP contribution in [0.25, 0.3) is 4.85 Å². The van der Waals surface area contributed by atoms with Crippen molar-refractivity contribution < 1.29 is 27.8 Å². The lowest BCUT2D eigenvalue weighted by atomic mass is 10.1. The monoisotopic (exact) mass is 442 g/mol. The highest BCUT2D eigenvalue weighted by atomic mass is 79.9. The first-order valence-corrected chi connectivity index (χ1v) is 8.33. The van der Waals surface area contributed by atoms with Crippen LogP contribution >= 0.6 is 15.9 Å². The lowest BCUT2D eigenvalue weighted by molar-refractivity contribution is -0.137. The number of hydrogen-bond acceptors (Lipinski definition) is 3. The molecule has 1 amide bonds. The van der Waals surface area contributed by atoms with E-state index in [1.54, 1.807) is 24.3 Å². The van der Waals surface area contributed by atoms with Gasteiger partial charge in [-0.2, -0.15) is 13.2 Å². The quantitative estimate of drug-likeness (QED) is 0.654. The Hall–Kier alpha value is -2.57. The number of carbonyl (C=O) groups is 1. The second-order valence-corrected chi connectivity index (χ2v) is 6.73. The minimum Gasteiger partial charge on any atom is -0.490 e. The van der Waals surface area contributed by atoms with Crippen LogP contribution in [-0.2, 0) is 11.0 Å². The Bertz CT molecular complexity index is 875. The third-order valence-corrected chi connectivity index (χ3v) is 4.03. The van der Waals surface area contributed by atoms with Gasteiger partial charge in [0.15, 0.2) is 11.3 Å². The summed E-state index contributed by atoms with van der Waals surface area (Å²) in [7, 11) is 0. The molecule has 0 saturated heterocycles. The van der Waals surface area contributed by atoms with Gasteiger partial charge in [-0.05, 0) is 43.3 Å². The Morgan fingerprint density at radius 2 is 1.89 bits per heavy atom. The lowest BCUT2D eigenvalue weighted by Crippen LogP contribution is -2.45. The summed E-state index contributed by atoms with van der Waals surface area (Å²) in [6.07, 6.45) is -4.74. The molecule has 1 atom stereocenters. The van der Waals surface area contributed by atoms with Gasteiger partial charge in [-0.3, -0.25) is 4.79 Å². The fraction of sp³-hybridized carbons (Fsp3) is 0.222. The van der Waals surface area contributed by atoms with Crippen molar-refractivity contribution in [2.24, 2.45) is 0 Å². The summed E-state index contributed by atoms with van der Waals surface area (Å²) in [4.78, 5) is 15.1. The molecule has 142 valence electrons. The molecule has 27 heavy (non-hydrogen) atoms. The molecule has 0 fully saturated rings. The predicted molar refractivity (Wildman–Crippen MR) is 96.6 cm³/mol. The predicted octanol–water partition coefficient (Wildman–Crippen LogP) is 4.79. The topological polar surface area (TPSA) is 62.9 Å². The van der Waals surface area contributed by atoms with Gasteiger partial charge in [0.25, 0.3) is 5.91 Å². The van der Waals surface area contributed by atoms with E-state index in [4.69, 9.17) is 11.3 Å². The van der Waals surface area contributed by atoms with Gasteiger partial charge >= 0.3 is 6.18 Å². The molecule has 0 radical (unpaired) electrons. The molecule has 0 aliphatic carbocycles. The number of amides is 1. The summed E-state index contributed by atoms with van der Waals surface area (Å²) < 4.78 is 45.2. The zero-order chi connectivity index (χ0) is 20.2. The van der Waals surface area contributed by atoms with E-state index in [1.807, 2.05) is 0 Å². The molecule has 2 aromatic rings. The van der Waals surface area contributed by atoms with Crippen LogP contribution in [0.3, 0.4) is 0 Å². The zero-order valence-electron chi connectivity index (χ0n) is 14.0. The molecule has 5 nitrogen and oxygen atoms in total. The average Bonchev–Trinajstić information content (AvgIpc) is 2.60. The minimum absolute atomic E-state index is 0.191. The van der Waals surface area contributed by atoms with Crippen molar-refractivity contribution in [1.29, 1.82) is 0 Å². The molecule has 0 saturated carbocycles. The third kappa shape index (κ3) is 5.45. The number of benzene rings is 2. The normalized spacial score (nSPS) is 13.4. The van der Waals surface area contributed by atoms with Crippen molar-refractivity contribution >= 4 is 33.2 Å². The maximum atomic E-state index is 13.0. The smallest absolute Gasteiger partial charge is 0.407 e. The van der Waals surface area contributed by atoms with Crippen LogP contribution < -0.4 is 10.1 Å². The number of anilines is 1. The fourth-order valence-corrected chi connectivity index (χ4v) is 2.29. The van der Waals surface area contributed by atoms with Gasteiger partial charge in [0, 0.05) is 10.2 Å². The van der Waals surface area contributed by atoms with Crippen molar-refractivity contribution in [1.82, 2.24) is 0 Å². The first-order valence-electron chi connectivity index (χ1n) is 7.54. The molecule has 0 unspecified atom stereocenters. The first kappa shape index (κ1) is 20.7. The van der Waals surface area contributed by atoms with Gasteiger partial charge in [-0.15, -0.1) is 0 Å². The summed E-state index contributed by atoms with van der Waals surface area (Å²) >= 11 is 3.26. The van der Waals surface area contributed by atoms with Crippen LogP contribution in [0, 0.1) is 6.57 Å². The van der Waals surface area contributed by atoms with E-state index < -0.39 is 35.5 Å².